The van der Waals surface area contributed by atoms with Crippen molar-refractivity contribution in [1.82, 2.24) is 29.9 Å². The van der Waals surface area contributed by atoms with Gasteiger partial charge in [-0.25, -0.2) is 35.2 Å². The number of sulfonamides is 1. The maximum absolute atomic E-state index is 15.7. The van der Waals surface area contributed by atoms with Crippen LogP contribution in [0.2, 0.25) is 5.02 Å². The Hall–Kier alpha value is -7.10. The zero-order chi connectivity index (χ0) is 64.1. The van der Waals surface area contributed by atoms with Gasteiger partial charge in [0.15, 0.2) is 21.3 Å². The Morgan fingerprint density at radius 2 is 1.56 bits per heavy atom. The molecule has 0 radical (unpaired) electrons. The molecule has 0 spiro atoms. The Morgan fingerprint density at radius 1 is 0.930 bits per heavy atom. The molecule has 0 bridgehead atoms. The number of amides is 2. The summed E-state index contributed by atoms with van der Waals surface area (Å²) < 4.78 is 218. The van der Waals surface area contributed by atoms with Crippen molar-refractivity contribution >= 4 is 73.8 Å². The van der Waals surface area contributed by atoms with E-state index in [0.29, 0.717) is 12.3 Å². The second kappa shape index (κ2) is 22.2. The number of alkyl halides is 8. The molecular weight excluding hydrogens is 1250 g/mol. The molecule has 3 aromatic heterocycles. The molecule has 19 nitrogen and oxygen atoms in total. The van der Waals surface area contributed by atoms with Gasteiger partial charge in [-0.05, 0) is 98.5 Å². The minimum absolute atomic E-state index is 0.0275. The summed E-state index contributed by atoms with van der Waals surface area (Å²) >= 11 is 6.78. The number of hydrogen-bond donors (Lipinski definition) is 4. The lowest BCUT2D eigenvalue weighted by atomic mass is 9.77. The molecule has 3 heterocycles. The lowest BCUT2D eigenvalue weighted by molar-refractivity contribution is -0.143. The summed E-state index contributed by atoms with van der Waals surface area (Å²) in [4.78, 5) is 65.5. The summed E-state index contributed by atoms with van der Waals surface area (Å²) in [6, 6.07) is 6.71. The monoisotopic (exact) mass is 1300 g/mol. The number of anilines is 1. The van der Waals surface area contributed by atoms with E-state index in [1.54, 1.807) is 0 Å². The Kier molecular flexibility index (Phi) is 16.8. The summed E-state index contributed by atoms with van der Waals surface area (Å²) in [5.41, 5.74) is -8.67. The van der Waals surface area contributed by atoms with E-state index in [1.807, 2.05) is 0 Å². The number of carboxylic acid groups (broad SMARTS) is 1. The van der Waals surface area contributed by atoms with E-state index < -0.39 is 197 Å². The fourth-order valence-corrected chi connectivity index (χ4v) is 12.2. The second-order valence-electron chi connectivity index (χ2n) is 21.9. The van der Waals surface area contributed by atoms with Crippen LogP contribution in [0.15, 0.2) is 54.6 Å². The summed E-state index contributed by atoms with van der Waals surface area (Å²) in [7, 11) is -14.5. The SMILES string of the molecule is Cc1cc(CC(=O)O)c(C(C)(C)CC(=O)N(c2nn(CC(F)(F)F)c3c(-c4ccc(C#CC(C)(C)S(C)(=O)=O)nc4[C@H](Cc4cc(F)cc(F)c4)NC(=O)Cn4nc(C(F)(F)F)c5c4C(F)(F)[C@@H]4C[C@H]54)ccc(Cl)c23)S(C)(=O)=O)c(OP(=O)(O)O)c1. The van der Waals surface area contributed by atoms with Crippen LogP contribution in [0.4, 0.5) is 49.7 Å². The fourth-order valence-electron chi connectivity index (χ4n) is 10.5. The van der Waals surface area contributed by atoms with Crippen LogP contribution in [0.5, 0.6) is 5.75 Å². The highest BCUT2D eigenvalue weighted by Gasteiger charge is 2.68. The van der Waals surface area contributed by atoms with Crippen LogP contribution in [-0.2, 0) is 82.3 Å². The Labute approximate surface area is 487 Å². The third kappa shape index (κ3) is 13.5. The zero-order valence-electron chi connectivity index (χ0n) is 45.8. The quantitative estimate of drug-likeness (QED) is 0.0355. The van der Waals surface area contributed by atoms with Gasteiger partial charge in [0.1, 0.15) is 46.6 Å². The first-order valence-electron chi connectivity index (χ1n) is 25.2. The fraction of sp³-hybridized carbons (Fsp3) is 0.396. The van der Waals surface area contributed by atoms with E-state index in [9.17, 15) is 85.8 Å². The Morgan fingerprint density at radius 3 is 2.13 bits per heavy atom. The Bertz CT molecular complexity index is 4160. The second-order valence-corrected chi connectivity index (χ2v) is 27.9. The number of sulfone groups is 1. The molecule has 0 saturated heterocycles. The molecule has 33 heteroatoms. The number of rotatable bonds is 18. The highest BCUT2D eigenvalue weighted by molar-refractivity contribution is 7.93. The number of fused-ring (bicyclic) bond motifs is 4. The van der Waals surface area contributed by atoms with Crippen molar-refractivity contribution in [3.63, 3.8) is 0 Å². The van der Waals surface area contributed by atoms with Gasteiger partial charge in [0.05, 0.1) is 40.3 Å². The molecule has 0 aliphatic heterocycles. The molecule has 4 N–H and O–H groups in total. The van der Waals surface area contributed by atoms with Crippen molar-refractivity contribution in [2.75, 3.05) is 16.8 Å². The number of carbonyl (C=O) groups is 3. The number of carboxylic acids is 1. The van der Waals surface area contributed by atoms with E-state index in [4.69, 9.17) is 16.1 Å². The number of aryl methyl sites for hydroxylation is 1. The van der Waals surface area contributed by atoms with Gasteiger partial charge in [-0.15, -0.1) is 0 Å². The standard InChI is InChI=1S/C53H49ClF10N7O12PS2/c1-25-14-27(19-40(74)75)43(37(15-25)83-84(76,77)78)49(2,3)22-39(73)71(86(7,81)82)48-42-35(54)11-10-32(45(42)70(68-48)24-51(57,58)59)31-9-8-30(12-13-50(4,5)85(6,79)80)65-44(31)36(18-26-16-28(55)20-29(56)17-26)66-38(72)23-69-47-41(46(67-69)53(62,63)64)33-21-34(33)52(47,60)61/h8-11,14-17,20,33-34,36H,18-19,21-24H2,1-7H3,(H,66,72)(H,74,75)(H2,76,77,78)/t33-,34+,36-/m0/s1. The number of phosphoric acid groups is 1. The van der Waals surface area contributed by atoms with Crippen molar-refractivity contribution in [3.8, 4) is 28.7 Å². The number of carbonyl (C=O) groups excluding carboxylic acids is 2. The molecule has 3 atom stereocenters. The minimum Gasteiger partial charge on any atom is -0.481 e. The summed E-state index contributed by atoms with van der Waals surface area (Å²) in [5.74, 6) is -10.1. The van der Waals surface area contributed by atoms with Gasteiger partial charge in [0, 0.05) is 52.3 Å². The first kappa shape index (κ1) is 64.9. The van der Waals surface area contributed by atoms with Gasteiger partial charge in [-0.3, -0.25) is 33.5 Å². The molecule has 2 amide bonds. The van der Waals surface area contributed by atoms with Crippen molar-refractivity contribution in [2.45, 2.75) is 114 Å². The van der Waals surface area contributed by atoms with Crippen molar-refractivity contribution in [1.29, 1.82) is 0 Å². The molecule has 86 heavy (non-hydrogen) atoms. The van der Waals surface area contributed by atoms with Gasteiger partial charge in [0.2, 0.25) is 21.8 Å². The lowest BCUT2D eigenvalue weighted by Crippen LogP contribution is -2.40. The number of halogens is 11. The highest BCUT2D eigenvalue weighted by Crippen LogP contribution is 2.68. The summed E-state index contributed by atoms with van der Waals surface area (Å²) in [6.07, 6.45) is -12.2. The van der Waals surface area contributed by atoms with Gasteiger partial charge >= 0.3 is 26.1 Å². The largest absolute Gasteiger partial charge is 0.524 e. The average molecular weight is 1300 g/mol. The molecule has 2 aliphatic rings. The predicted octanol–water partition coefficient (Wildman–Crippen LogP) is 9.36. The number of pyridine rings is 1. The predicted molar refractivity (Wildman–Crippen MR) is 288 cm³/mol. The molecular formula is C53H49ClF10N7O12PS2. The smallest absolute Gasteiger partial charge is 0.481 e. The number of nitrogens with zero attached hydrogens (tertiary/aromatic N) is 6. The maximum Gasteiger partial charge on any atom is 0.524 e. The summed E-state index contributed by atoms with van der Waals surface area (Å²) in [5, 5.41) is 18.3. The molecule has 6 aromatic rings. The number of benzene rings is 3. The van der Waals surface area contributed by atoms with Gasteiger partial charge in [0.25, 0.3) is 5.92 Å². The number of phosphoric ester groups is 1. The van der Waals surface area contributed by atoms with E-state index in [-0.39, 0.29) is 48.0 Å². The highest BCUT2D eigenvalue weighted by atomic mass is 35.5. The first-order chi connectivity index (χ1) is 39.3. The normalized spacial score (nSPS) is 16.5. The molecule has 1 fully saturated rings. The first-order valence-corrected chi connectivity index (χ1v) is 30.9. The average Bonchev–Trinajstić information content (AvgIpc) is 1.52. The molecule has 462 valence electrons. The van der Waals surface area contributed by atoms with Crippen LogP contribution in [0, 0.1) is 36.3 Å². The summed E-state index contributed by atoms with van der Waals surface area (Å²) in [6.45, 7) is 2.82. The molecule has 8 rings (SSSR count). The lowest BCUT2D eigenvalue weighted by Gasteiger charge is -2.31. The van der Waals surface area contributed by atoms with Crippen LogP contribution < -0.4 is 14.1 Å². The Balaban J connectivity index is 1.36. The van der Waals surface area contributed by atoms with Gasteiger partial charge < -0.3 is 14.9 Å². The molecule has 0 unspecified atom stereocenters. The number of aromatic nitrogens is 5. The van der Waals surface area contributed by atoms with E-state index in [2.05, 4.69) is 32.3 Å². The van der Waals surface area contributed by atoms with Crippen LogP contribution in [0.1, 0.15) is 103 Å². The third-order valence-electron chi connectivity index (χ3n) is 14.2. The van der Waals surface area contributed by atoms with Crippen molar-refractivity contribution < 1.29 is 99.1 Å². The number of nitrogens with one attached hydrogen (secondary N) is 1. The number of aliphatic carboxylic acids is 1. The van der Waals surface area contributed by atoms with Crippen molar-refractivity contribution in [2.24, 2.45) is 5.92 Å². The van der Waals surface area contributed by atoms with Gasteiger partial charge in [-0.2, -0.15) is 49.6 Å². The van der Waals surface area contributed by atoms with E-state index >= 15 is 8.78 Å². The molecule has 3 aromatic carbocycles. The third-order valence-corrected chi connectivity index (χ3v) is 18.0. The molecule has 2 aliphatic carbocycles. The van der Waals surface area contributed by atoms with Crippen LogP contribution in [-0.4, -0.2) is 97.5 Å². The van der Waals surface area contributed by atoms with Crippen LogP contribution in [0.25, 0.3) is 22.0 Å². The number of hydrogen-bond acceptors (Lipinski definition) is 12. The van der Waals surface area contributed by atoms with E-state index in [1.165, 1.54) is 40.7 Å². The topological polar surface area (TPSA) is 270 Å². The van der Waals surface area contributed by atoms with Gasteiger partial charge in [-0.1, -0.05) is 43.5 Å². The van der Waals surface area contributed by atoms with Crippen molar-refractivity contribution in [3.05, 3.63) is 122 Å². The zero-order valence-corrected chi connectivity index (χ0v) is 49.1. The van der Waals surface area contributed by atoms with Crippen LogP contribution >= 0.6 is 19.4 Å². The molecule has 1 saturated carbocycles. The van der Waals surface area contributed by atoms with E-state index in [0.717, 1.165) is 48.7 Å². The maximum atomic E-state index is 15.7. The minimum atomic E-state index is -5.45. The van der Waals surface area contributed by atoms with Crippen LogP contribution in [0.3, 0.4) is 0 Å².